The maximum atomic E-state index is 11.8. The van der Waals surface area contributed by atoms with Gasteiger partial charge in [-0.05, 0) is 54.1 Å². The SMILES string of the molecule is CS(=O)(=O)c1ccc(-n2cc(CSCc3ccccc3)nc2-c2ccc(Cl)cc2)cc1. The third kappa shape index (κ3) is 5.39. The molecule has 7 heteroatoms. The highest BCUT2D eigenvalue weighted by molar-refractivity contribution is 7.97. The van der Waals surface area contributed by atoms with Crippen LogP contribution in [0.4, 0.5) is 0 Å². The largest absolute Gasteiger partial charge is 0.299 e. The Balaban J connectivity index is 1.64. The van der Waals surface area contributed by atoms with Crippen LogP contribution >= 0.6 is 23.4 Å². The molecule has 0 aliphatic rings. The zero-order valence-corrected chi connectivity index (χ0v) is 19.3. The zero-order chi connectivity index (χ0) is 21.8. The predicted molar refractivity (Wildman–Crippen MR) is 129 cm³/mol. The Morgan fingerprint density at radius 2 is 1.58 bits per heavy atom. The highest BCUT2D eigenvalue weighted by Crippen LogP contribution is 2.27. The maximum Gasteiger partial charge on any atom is 0.175 e. The van der Waals surface area contributed by atoms with E-state index < -0.39 is 9.84 Å². The van der Waals surface area contributed by atoms with Crippen LogP contribution < -0.4 is 0 Å². The molecule has 4 rings (SSSR count). The van der Waals surface area contributed by atoms with Gasteiger partial charge in [0.1, 0.15) is 5.82 Å². The second-order valence-corrected chi connectivity index (χ2v) is 10.6. The van der Waals surface area contributed by atoms with Crippen molar-refractivity contribution in [3.05, 3.63) is 101 Å². The van der Waals surface area contributed by atoms with E-state index in [1.54, 1.807) is 36.0 Å². The van der Waals surface area contributed by atoms with Gasteiger partial charge in [-0.3, -0.25) is 4.57 Å². The van der Waals surface area contributed by atoms with E-state index in [1.165, 1.54) is 11.8 Å². The lowest BCUT2D eigenvalue weighted by Crippen LogP contribution is -1.99. The smallest absolute Gasteiger partial charge is 0.175 e. The summed E-state index contributed by atoms with van der Waals surface area (Å²) in [4.78, 5) is 5.16. The van der Waals surface area contributed by atoms with Crippen LogP contribution in [-0.4, -0.2) is 24.2 Å². The summed E-state index contributed by atoms with van der Waals surface area (Å²) in [5.74, 6) is 2.47. The van der Waals surface area contributed by atoms with Gasteiger partial charge in [0, 0.05) is 40.2 Å². The van der Waals surface area contributed by atoms with Crippen molar-refractivity contribution in [2.45, 2.75) is 16.4 Å². The Morgan fingerprint density at radius 3 is 2.23 bits per heavy atom. The summed E-state index contributed by atoms with van der Waals surface area (Å²) in [6.45, 7) is 0. The first-order valence-electron chi connectivity index (χ1n) is 9.66. The third-order valence-corrected chi connectivity index (χ3v) is 7.18. The standard InChI is InChI=1S/C24H21ClN2O2S2/c1-31(28,29)23-13-11-22(12-14-23)27-15-21(17-30-16-18-5-3-2-4-6-18)26-24(27)19-7-9-20(25)10-8-19/h2-15H,16-17H2,1H3. The summed E-state index contributed by atoms with van der Waals surface area (Å²) in [6.07, 6.45) is 3.22. The molecule has 3 aromatic carbocycles. The fraction of sp³-hybridized carbons (Fsp3) is 0.125. The van der Waals surface area contributed by atoms with Gasteiger partial charge < -0.3 is 0 Å². The molecule has 158 valence electrons. The third-order valence-electron chi connectivity index (χ3n) is 4.76. The van der Waals surface area contributed by atoms with Crippen LogP contribution in [0.3, 0.4) is 0 Å². The minimum Gasteiger partial charge on any atom is -0.299 e. The lowest BCUT2D eigenvalue weighted by Gasteiger charge is -2.09. The fourth-order valence-corrected chi connectivity index (χ4v) is 4.83. The summed E-state index contributed by atoms with van der Waals surface area (Å²) in [7, 11) is -3.24. The molecule has 0 aliphatic heterocycles. The van der Waals surface area contributed by atoms with Gasteiger partial charge in [0.25, 0.3) is 0 Å². The van der Waals surface area contributed by atoms with E-state index in [4.69, 9.17) is 16.6 Å². The van der Waals surface area contributed by atoms with Crippen LogP contribution in [-0.2, 0) is 21.3 Å². The zero-order valence-electron chi connectivity index (χ0n) is 16.9. The van der Waals surface area contributed by atoms with E-state index in [0.29, 0.717) is 9.92 Å². The monoisotopic (exact) mass is 468 g/mol. The van der Waals surface area contributed by atoms with Gasteiger partial charge in [-0.2, -0.15) is 11.8 Å². The fourth-order valence-electron chi connectivity index (χ4n) is 3.20. The van der Waals surface area contributed by atoms with Crippen molar-refractivity contribution >= 4 is 33.2 Å². The highest BCUT2D eigenvalue weighted by Gasteiger charge is 2.14. The normalized spacial score (nSPS) is 11.5. The Morgan fingerprint density at radius 1 is 0.903 bits per heavy atom. The minimum atomic E-state index is -3.24. The first kappa shape index (κ1) is 21.7. The van der Waals surface area contributed by atoms with Gasteiger partial charge in [0.05, 0.1) is 10.6 Å². The van der Waals surface area contributed by atoms with Crippen LogP contribution in [0.1, 0.15) is 11.3 Å². The molecule has 0 amide bonds. The van der Waals surface area contributed by atoms with E-state index in [1.807, 2.05) is 53.2 Å². The number of rotatable bonds is 7. The van der Waals surface area contributed by atoms with Gasteiger partial charge in [-0.15, -0.1) is 0 Å². The van der Waals surface area contributed by atoms with Crippen LogP contribution in [0.25, 0.3) is 17.1 Å². The summed E-state index contributed by atoms with van der Waals surface area (Å²) in [5, 5.41) is 0.665. The lowest BCUT2D eigenvalue weighted by molar-refractivity contribution is 0.602. The molecule has 0 fully saturated rings. The van der Waals surface area contributed by atoms with Crippen molar-refractivity contribution in [1.82, 2.24) is 9.55 Å². The number of sulfone groups is 1. The molecule has 1 heterocycles. The molecular formula is C24H21ClN2O2S2. The maximum absolute atomic E-state index is 11.8. The van der Waals surface area contributed by atoms with Gasteiger partial charge >= 0.3 is 0 Å². The summed E-state index contributed by atoms with van der Waals surface area (Å²) < 4.78 is 25.6. The number of imidazole rings is 1. The van der Waals surface area contributed by atoms with Gasteiger partial charge in [0.15, 0.2) is 9.84 Å². The van der Waals surface area contributed by atoms with E-state index in [-0.39, 0.29) is 0 Å². The van der Waals surface area contributed by atoms with Crippen LogP contribution in [0.5, 0.6) is 0 Å². The molecule has 1 aromatic heterocycles. The van der Waals surface area contributed by atoms with E-state index in [0.717, 1.165) is 34.3 Å². The molecule has 0 saturated heterocycles. The van der Waals surface area contributed by atoms with Gasteiger partial charge in [0.2, 0.25) is 0 Å². The first-order valence-corrected chi connectivity index (χ1v) is 13.1. The average Bonchev–Trinajstić information content (AvgIpc) is 3.19. The Bertz CT molecular complexity index is 1270. The van der Waals surface area contributed by atoms with Crippen LogP contribution in [0.2, 0.25) is 5.02 Å². The number of halogens is 1. The number of hydrogen-bond donors (Lipinski definition) is 0. The molecule has 0 bridgehead atoms. The molecule has 4 nitrogen and oxygen atoms in total. The first-order chi connectivity index (χ1) is 14.9. The Kier molecular flexibility index (Phi) is 6.51. The van der Waals surface area contributed by atoms with Crippen molar-refractivity contribution in [3.8, 4) is 17.1 Å². The summed E-state index contributed by atoms with van der Waals surface area (Å²) in [6, 6.07) is 24.8. The van der Waals surface area contributed by atoms with E-state index >= 15 is 0 Å². The van der Waals surface area contributed by atoms with Crippen LogP contribution in [0, 0.1) is 0 Å². The number of aromatic nitrogens is 2. The summed E-state index contributed by atoms with van der Waals surface area (Å²) >= 11 is 7.86. The number of thioether (sulfide) groups is 1. The molecule has 0 saturated carbocycles. The predicted octanol–water partition coefficient (Wildman–Crippen LogP) is 6.03. The molecule has 0 atom stereocenters. The molecule has 0 spiro atoms. The van der Waals surface area contributed by atoms with Crippen molar-refractivity contribution in [2.75, 3.05) is 6.26 Å². The van der Waals surface area contributed by atoms with Crippen molar-refractivity contribution in [2.24, 2.45) is 0 Å². The molecule has 0 aliphatic carbocycles. The van der Waals surface area contributed by atoms with E-state index in [9.17, 15) is 8.42 Å². The van der Waals surface area contributed by atoms with E-state index in [2.05, 4.69) is 12.1 Å². The van der Waals surface area contributed by atoms with Crippen molar-refractivity contribution < 1.29 is 8.42 Å². The van der Waals surface area contributed by atoms with Gasteiger partial charge in [-0.1, -0.05) is 41.9 Å². The second-order valence-electron chi connectivity index (χ2n) is 7.18. The Labute approximate surface area is 191 Å². The van der Waals surface area contributed by atoms with Crippen molar-refractivity contribution in [1.29, 1.82) is 0 Å². The molecule has 4 aromatic rings. The molecule has 0 N–H and O–H groups in total. The molecule has 0 radical (unpaired) electrons. The van der Waals surface area contributed by atoms with Gasteiger partial charge in [-0.25, -0.2) is 13.4 Å². The number of benzene rings is 3. The summed E-state index contributed by atoms with van der Waals surface area (Å²) in [5.41, 5.74) is 4.03. The average molecular weight is 469 g/mol. The van der Waals surface area contributed by atoms with Crippen LogP contribution in [0.15, 0.2) is 90.0 Å². The molecule has 0 unspecified atom stereocenters. The molecular weight excluding hydrogens is 448 g/mol. The van der Waals surface area contributed by atoms with Crippen molar-refractivity contribution in [3.63, 3.8) is 0 Å². The lowest BCUT2D eigenvalue weighted by atomic mass is 10.2. The minimum absolute atomic E-state index is 0.294. The second kappa shape index (κ2) is 9.30. The highest BCUT2D eigenvalue weighted by atomic mass is 35.5. The molecule has 31 heavy (non-hydrogen) atoms. The number of hydrogen-bond acceptors (Lipinski definition) is 4. The quantitative estimate of drug-likeness (QED) is 0.332. The number of nitrogens with zero attached hydrogens (tertiary/aromatic N) is 2. The Hall–Kier alpha value is -2.54. The topological polar surface area (TPSA) is 52.0 Å².